The maximum atomic E-state index is 11.4. The Morgan fingerprint density at radius 2 is 1.91 bits per heavy atom. The van der Waals surface area contributed by atoms with E-state index >= 15 is 0 Å². The number of nitro groups is 1. The Kier molecular flexibility index (Phi) is 3.34. The molecule has 1 N–H and O–H groups in total. The molecule has 23 heavy (non-hydrogen) atoms. The van der Waals surface area contributed by atoms with Gasteiger partial charge in [-0.25, -0.2) is 0 Å². The summed E-state index contributed by atoms with van der Waals surface area (Å²) in [5.41, 5.74) is 2.95. The molecule has 0 aromatic heterocycles. The van der Waals surface area contributed by atoms with Crippen LogP contribution in [0, 0.1) is 16.0 Å². The monoisotopic (exact) mass is 326 g/mol. The minimum absolute atomic E-state index is 0.121. The second-order valence-electron chi connectivity index (χ2n) is 6.00. The molecule has 4 rings (SSSR count). The number of benzene rings is 2. The molecule has 0 bridgehead atoms. The average Bonchev–Trinajstić information content (AvgIpc) is 3.04. The van der Waals surface area contributed by atoms with Crippen molar-refractivity contribution < 1.29 is 4.92 Å². The first-order valence-electron chi connectivity index (χ1n) is 7.61. The predicted molar refractivity (Wildman–Crippen MR) is 90.9 cm³/mol. The summed E-state index contributed by atoms with van der Waals surface area (Å²) in [6.07, 6.45) is 5.26. The maximum Gasteiger partial charge on any atom is 0.274 e. The van der Waals surface area contributed by atoms with Crippen molar-refractivity contribution in [2.24, 2.45) is 5.92 Å². The number of halogens is 1. The number of nitrogens with one attached hydrogen (secondary N) is 1. The zero-order valence-electron chi connectivity index (χ0n) is 12.3. The maximum absolute atomic E-state index is 11.4. The first-order valence-corrected chi connectivity index (χ1v) is 7.99. The Labute approximate surface area is 138 Å². The molecule has 5 heteroatoms. The summed E-state index contributed by atoms with van der Waals surface area (Å²) in [5.74, 6) is 0.511. The van der Waals surface area contributed by atoms with Gasteiger partial charge in [0.15, 0.2) is 0 Å². The van der Waals surface area contributed by atoms with Crippen LogP contribution in [0.3, 0.4) is 0 Å². The molecule has 1 heterocycles. The van der Waals surface area contributed by atoms with Gasteiger partial charge in [0.25, 0.3) is 5.69 Å². The summed E-state index contributed by atoms with van der Waals surface area (Å²) >= 11 is 6.37. The van der Waals surface area contributed by atoms with E-state index in [1.54, 1.807) is 12.1 Å². The molecule has 0 unspecified atom stereocenters. The smallest absolute Gasteiger partial charge is 0.274 e. The Morgan fingerprint density at radius 3 is 2.74 bits per heavy atom. The molecule has 0 saturated heterocycles. The molecule has 4 nitrogen and oxygen atoms in total. The summed E-state index contributed by atoms with van der Waals surface area (Å²) in [7, 11) is 0. The minimum atomic E-state index is -0.309. The molecule has 2 aliphatic rings. The highest BCUT2D eigenvalue weighted by molar-refractivity contribution is 6.33. The molecule has 2 aromatic rings. The van der Waals surface area contributed by atoms with E-state index in [2.05, 4.69) is 23.5 Å². The van der Waals surface area contributed by atoms with E-state index in [9.17, 15) is 10.1 Å². The summed E-state index contributed by atoms with van der Waals surface area (Å²) in [5, 5.41) is 15.5. The number of hydrogen-bond donors (Lipinski definition) is 1. The molecular formula is C18H15ClN2O2. The van der Waals surface area contributed by atoms with E-state index in [-0.39, 0.29) is 28.5 Å². The summed E-state index contributed by atoms with van der Waals surface area (Å²) < 4.78 is 0. The van der Waals surface area contributed by atoms with Crippen LogP contribution in [0.15, 0.2) is 54.6 Å². The molecule has 1 aliphatic heterocycles. The van der Waals surface area contributed by atoms with Crippen molar-refractivity contribution in [2.75, 3.05) is 5.32 Å². The molecule has 0 radical (unpaired) electrons. The Bertz CT molecular complexity index is 818. The van der Waals surface area contributed by atoms with Gasteiger partial charge in [0.05, 0.1) is 27.2 Å². The fourth-order valence-corrected chi connectivity index (χ4v) is 4.04. The Hall–Kier alpha value is -2.33. The average molecular weight is 327 g/mol. The number of hydrogen-bond acceptors (Lipinski definition) is 3. The van der Waals surface area contributed by atoms with Gasteiger partial charge in [-0.05, 0) is 24.0 Å². The van der Waals surface area contributed by atoms with Gasteiger partial charge in [0.1, 0.15) is 0 Å². The van der Waals surface area contributed by atoms with Crippen molar-refractivity contribution in [2.45, 2.75) is 18.4 Å². The van der Waals surface area contributed by atoms with Gasteiger partial charge >= 0.3 is 0 Å². The minimum Gasteiger partial charge on any atom is -0.376 e. The molecule has 0 spiro atoms. The third-order valence-electron chi connectivity index (χ3n) is 4.81. The zero-order valence-corrected chi connectivity index (χ0v) is 13.0. The molecule has 2 aromatic carbocycles. The quantitative estimate of drug-likeness (QED) is 0.476. The highest BCUT2D eigenvalue weighted by Gasteiger charge is 2.40. The fourth-order valence-electron chi connectivity index (χ4n) is 3.81. The first kappa shape index (κ1) is 14.3. The lowest BCUT2D eigenvalue weighted by Crippen LogP contribution is -2.29. The number of allylic oxidation sites excluding steroid dienone is 2. The van der Waals surface area contributed by atoms with Gasteiger partial charge < -0.3 is 5.32 Å². The highest BCUT2D eigenvalue weighted by atomic mass is 35.5. The number of fused-ring (bicyclic) bond motifs is 3. The van der Waals surface area contributed by atoms with Gasteiger partial charge in [-0.15, -0.1) is 0 Å². The van der Waals surface area contributed by atoms with Crippen LogP contribution < -0.4 is 5.32 Å². The van der Waals surface area contributed by atoms with Gasteiger partial charge in [0.2, 0.25) is 0 Å². The predicted octanol–water partition coefficient (Wildman–Crippen LogP) is 5.07. The van der Waals surface area contributed by atoms with Gasteiger partial charge in [0, 0.05) is 12.0 Å². The molecule has 116 valence electrons. The van der Waals surface area contributed by atoms with E-state index < -0.39 is 0 Å². The van der Waals surface area contributed by atoms with Crippen LogP contribution in [0.5, 0.6) is 0 Å². The van der Waals surface area contributed by atoms with Gasteiger partial charge in [-0.2, -0.15) is 0 Å². The lowest BCUT2D eigenvalue weighted by atomic mass is 9.76. The lowest BCUT2D eigenvalue weighted by molar-refractivity contribution is -0.385. The van der Waals surface area contributed by atoms with Crippen molar-refractivity contribution >= 4 is 23.0 Å². The standard InChI is InChI=1S/C18H15ClN2O2/c19-15-9-4-8-13-11-6-3-7-12(11)17(20-18(13)15)14-5-1-2-10-16(14)21(22)23/h1-6,8-12,17,20H,7H2/t11-,12+,17+/m1/s1. The van der Waals surface area contributed by atoms with Crippen LogP contribution in [0.4, 0.5) is 11.4 Å². The van der Waals surface area contributed by atoms with Crippen LogP contribution in [-0.2, 0) is 0 Å². The van der Waals surface area contributed by atoms with Crippen LogP contribution in [0.1, 0.15) is 29.5 Å². The second-order valence-corrected chi connectivity index (χ2v) is 6.40. The largest absolute Gasteiger partial charge is 0.376 e. The fraction of sp³-hybridized carbons (Fsp3) is 0.222. The van der Waals surface area contributed by atoms with E-state index in [0.29, 0.717) is 5.02 Å². The Morgan fingerprint density at radius 1 is 1.13 bits per heavy atom. The normalized spacial score (nSPS) is 24.7. The van der Waals surface area contributed by atoms with Crippen molar-refractivity contribution in [3.63, 3.8) is 0 Å². The van der Waals surface area contributed by atoms with Crippen molar-refractivity contribution in [1.29, 1.82) is 0 Å². The third kappa shape index (κ3) is 2.21. The third-order valence-corrected chi connectivity index (χ3v) is 5.13. The molecule has 0 amide bonds. The number of rotatable bonds is 2. The highest BCUT2D eigenvalue weighted by Crippen LogP contribution is 2.52. The van der Waals surface area contributed by atoms with Crippen LogP contribution in [-0.4, -0.2) is 4.92 Å². The summed E-state index contributed by atoms with van der Waals surface area (Å²) in [6, 6.07) is 12.7. The zero-order chi connectivity index (χ0) is 16.0. The summed E-state index contributed by atoms with van der Waals surface area (Å²) in [4.78, 5) is 11.1. The van der Waals surface area contributed by atoms with E-state index in [1.165, 1.54) is 5.56 Å². The molecule has 3 atom stereocenters. The van der Waals surface area contributed by atoms with Crippen LogP contribution >= 0.6 is 11.6 Å². The molecular weight excluding hydrogens is 312 g/mol. The van der Waals surface area contributed by atoms with Crippen LogP contribution in [0.25, 0.3) is 0 Å². The summed E-state index contributed by atoms with van der Waals surface area (Å²) in [6.45, 7) is 0. The number of nitro benzene ring substituents is 1. The second kappa shape index (κ2) is 5.39. The molecule has 0 saturated carbocycles. The van der Waals surface area contributed by atoms with Crippen molar-refractivity contribution in [3.8, 4) is 0 Å². The first-order chi connectivity index (χ1) is 11.2. The van der Waals surface area contributed by atoms with E-state index in [1.807, 2.05) is 24.3 Å². The van der Waals surface area contributed by atoms with Gasteiger partial charge in [-0.3, -0.25) is 10.1 Å². The number of anilines is 1. The van der Waals surface area contributed by atoms with Crippen molar-refractivity contribution in [1.82, 2.24) is 0 Å². The molecule has 1 aliphatic carbocycles. The number of nitrogens with zero attached hydrogens (tertiary/aromatic N) is 1. The number of para-hydroxylation sites is 2. The SMILES string of the molecule is O=[N+]([O-])c1ccccc1[C@H]1Nc2c(Cl)cccc2[C@@H]2C=CC[C@H]12. The Balaban J connectivity index is 1.86. The van der Waals surface area contributed by atoms with Crippen molar-refractivity contribution in [3.05, 3.63) is 80.9 Å². The molecule has 0 fully saturated rings. The van der Waals surface area contributed by atoms with E-state index in [0.717, 1.165) is 17.7 Å². The van der Waals surface area contributed by atoms with Gasteiger partial charge in [-0.1, -0.05) is 54.1 Å². The topological polar surface area (TPSA) is 55.2 Å². The lowest BCUT2D eigenvalue weighted by Gasteiger charge is -2.37. The van der Waals surface area contributed by atoms with E-state index in [4.69, 9.17) is 11.6 Å². The van der Waals surface area contributed by atoms with Crippen LogP contribution in [0.2, 0.25) is 5.02 Å².